The van der Waals surface area contributed by atoms with E-state index in [4.69, 9.17) is 0 Å². The highest BCUT2D eigenvalue weighted by Crippen LogP contribution is 2.02. The van der Waals surface area contributed by atoms with E-state index in [9.17, 15) is 9.59 Å². The molecule has 0 atom stereocenters. The molecule has 2 amide bonds. The maximum atomic E-state index is 10.1. The van der Waals surface area contributed by atoms with E-state index in [0.717, 1.165) is 5.92 Å². The van der Waals surface area contributed by atoms with E-state index in [1.54, 1.807) is 0 Å². The zero-order valence-electron chi connectivity index (χ0n) is 8.72. The first-order valence-corrected chi connectivity index (χ1v) is 4.92. The largest absolute Gasteiger partial charge is 0.296 e. The Morgan fingerprint density at radius 2 is 1.54 bits per heavy atom. The monoisotopic (exact) mass is 185 g/mol. The summed E-state index contributed by atoms with van der Waals surface area (Å²) in [4.78, 5) is 20.2. The Bertz CT molecular complexity index is 160. The Hall–Kier alpha value is -0.860. The lowest BCUT2D eigenvalue weighted by molar-refractivity contribution is -0.124. The van der Waals surface area contributed by atoms with Gasteiger partial charge in [-0.1, -0.05) is 33.6 Å². The van der Waals surface area contributed by atoms with Crippen LogP contribution in [-0.4, -0.2) is 11.8 Å². The molecule has 1 fully saturated rings. The van der Waals surface area contributed by atoms with E-state index in [1.165, 1.54) is 12.8 Å². The van der Waals surface area contributed by atoms with Crippen LogP contribution < -0.4 is 5.32 Å². The average molecular weight is 185 g/mol. The zero-order chi connectivity index (χ0) is 10.3. The smallest absolute Gasteiger partial charge is 0.227 e. The molecule has 1 N–H and O–H groups in total. The van der Waals surface area contributed by atoms with Crippen molar-refractivity contribution in [2.24, 2.45) is 5.92 Å². The second-order valence-electron chi connectivity index (χ2n) is 3.39. The molecule has 0 bridgehead atoms. The molecule has 0 aromatic heterocycles. The van der Waals surface area contributed by atoms with Crippen molar-refractivity contribution < 1.29 is 9.59 Å². The topological polar surface area (TPSA) is 46.2 Å². The number of hydrogen-bond donors (Lipinski definition) is 1. The molecule has 0 radical (unpaired) electrons. The Morgan fingerprint density at radius 1 is 1.15 bits per heavy atom. The fourth-order valence-corrected chi connectivity index (χ4v) is 0.796. The quantitative estimate of drug-likeness (QED) is 0.667. The second kappa shape index (κ2) is 6.63. The maximum Gasteiger partial charge on any atom is 0.227 e. The van der Waals surface area contributed by atoms with Gasteiger partial charge in [-0.15, -0.1) is 0 Å². The predicted octanol–water partition coefficient (Wildman–Crippen LogP) is 1.87. The summed E-state index contributed by atoms with van der Waals surface area (Å²) in [6, 6.07) is 0. The minimum atomic E-state index is -0.148. The van der Waals surface area contributed by atoms with E-state index in [2.05, 4.69) is 26.1 Å². The summed E-state index contributed by atoms with van der Waals surface area (Å²) in [5.74, 6) is 0.639. The van der Waals surface area contributed by atoms with E-state index < -0.39 is 0 Å². The SMILES string of the molecule is CCC(C)CC.O=C1CCC(=O)N1. The molecule has 76 valence electrons. The Labute approximate surface area is 79.9 Å². The summed E-state index contributed by atoms with van der Waals surface area (Å²) in [6.45, 7) is 6.74. The van der Waals surface area contributed by atoms with Crippen LogP contribution in [0.1, 0.15) is 46.5 Å². The van der Waals surface area contributed by atoms with E-state index >= 15 is 0 Å². The van der Waals surface area contributed by atoms with Crippen LogP contribution in [0.15, 0.2) is 0 Å². The molecule has 0 spiro atoms. The van der Waals surface area contributed by atoms with Crippen molar-refractivity contribution in [2.45, 2.75) is 46.5 Å². The average Bonchev–Trinajstić information content (AvgIpc) is 2.49. The van der Waals surface area contributed by atoms with Crippen molar-refractivity contribution in [3.05, 3.63) is 0 Å². The van der Waals surface area contributed by atoms with Gasteiger partial charge in [0, 0.05) is 12.8 Å². The number of imide groups is 1. The first-order chi connectivity index (χ1) is 6.10. The van der Waals surface area contributed by atoms with Crippen molar-refractivity contribution in [3.63, 3.8) is 0 Å². The molecule has 1 saturated heterocycles. The van der Waals surface area contributed by atoms with E-state index in [1.807, 2.05) is 0 Å². The van der Waals surface area contributed by atoms with Crippen LogP contribution in [0.2, 0.25) is 0 Å². The molecular weight excluding hydrogens is 166 g/mol. The van der Waals surface area contributed by atoms with Gasteiger partial charge >= 0.3 is 0 Å². The van der Waals surface area contributed by atoms with Crippen molar-refractivity contribution in [2.75, 3.05) is 0 Å². The van der Waals surface area contributed by atoms with Crippen molar-refractivity contribution in [1.29, 1.82) is 0 Å². The molecule has 0 aliphatic carbocycles. The molecule has 1 aliphatic heterocycles. The van der Waals surface area contributed by atoms with E-state index in [-0.39, 0.29) is 11.8 Å². The third-order valence-corrected chi connectivity index (χ3v) is 2.25. The fraction of sp³-hybridized carbons (Fsp3) is 0.800. The number of nitrogens with one attached hydrogen (secondary N) is 1. The molecule has 0 aromatic carbocycles. The van der Waals surface area contributed by atoms with Gasteiger partial charge in [0.2, 0.25) is 11.8 Å². The van der Waals surface area contributed by atoms with Gasteiger partial charge in [0.25, 0.3) is 0 Å². The lowest BCUT2D eigenvalue weighted by Crippen LogP contribution is -2.18. The normalized spacial score (nSPS) is 15.4. The fourth-order valence-electron chi connectivity index (χ4n) is 0.796. The van der Waals surface area contributed by atoms with Gasteiger partial charge < -0.3 is 0 Å². The summed E-state index contributed by atoms with van der Waals surface area (Å²) in [6.07, 6.45) is 3.41. The number of carbonyl (C=O) groups is 2. The van der Waals surface area contributed by atoms with Gasteiger partial charge in [-0.25, -0.2) is 0 Å². The number of amides is 2. The summed E-state index contributed by atoms with van der Waals surface area (Å²) in [7, 11) is 0. The van der Waals surface area contributed by atoms with Gasteiger partial charge in [-0.3, -0.25) is 14.9 Å². The Balaban J connectivity index is 0.000000226. The molecule has 0 unspecified atom stereocenters. The standard InChI is InChI=1S/C6H14.C4H5NO2/c1-4-6(3)5-2;6-3-1-2-4(7)5-3/h6H,4-5H2,1-3H3;1-2H2,(H,5,6,7). The van der Waals surface area contributed by atoms with Gasteiger partial charge in [0.15, 0.2) is 0 Å². The minimum Gasteiger partial charge on any atom is -0.296 e. The van der Waals surface area contributed by atoms with Crippen LogP contribution in [0.5, 0.6) is 0 Å². The third kappa shape index (κ3) is 6.31. The molecule has 0 saturated carbocycles. The van der Waals surface area contributed by atoms with Gasteiger partial charge in [-0.2, -0.15) is 0 Å². The number of hydrogen-bond acceptors (Lipinski definition) is 2. The molecule has 1 heterocycles. The molecule has 3 nitrogen and oxygen atoms in total. The molecule has 1 aliphatic rings. The number of rotatable bonds is 2. The molecule has 0 aromatic rings. The van der Waals surface area contributed by atoms with Crippen LogP contribution in [0.4, 0.5) is 0 Å². The molecule has 1 rings (SSSR count). The highest BCUT2D eigenvalue weighted by atomic mass is 16.2. The van der Waals surface area contributed by atoms with Crippen molar-refractivity contribution in [3.8, 4) is 0 Å². The predicted molar refractivity (Wildman–Crippen MR) is 52.1 cm³/mol. The van der Waals surface area contributed by atoms with E-state index in [0.29, 0.717) is 12.8 Å². The molecule has 13 heavy (non-hydrogen) atoms. The van der Waals surface area contributed by atoms with Crippen LogP contribution in [0.25, 0.3) is 0 Å². The van der Waals surface area contributed by atoms with Crippen molar-refractivity contribution >= 4 is 11.8 Å². The van der Waals surface area contributed by atoms with Crippen LogP contribution in [-0.2, 0) is 9.59 Å². The Morgan fingerprint density at radius 3 is 1.62 bits per heavy atom. The van der Waals surface area contributed by atoms with Gasteiger partial charge in [0.05, 0.1) is 0 Å². The summed E-state index contributed by atoms with van der Waals surface area (Å²) in [5.41, 5.74) is 0. The van der Waals surface area contributed by atoms with Gasteiger partial charge in [-0.05, 0) is 5.92 Å². The maximum absolute atomic E-state index is 10.1. The summed E-state index contributed by atoms with van der Waals surface area (Å²) in [5, 5.41) is 2.14. The lowest BCUT2D eigenvalue weighted by Gasteiger charge is -1.98. The summed E-state index contributed by atoms with van der Waals surface area (Å²) < 4.78 is 0. The molecular formula is C10H19NO2. The highest BCUT2D eigenvalue weighted by Gasteiger charge is 2.15. The Kier molecular flexibility index (Phi) is 6.20. The highest BCUT2D eigenvalue weighted by molar-refractivity contribution is 6.01. The zero-order valence-corrected chi connectivity index (χ0v) is 8.72. The first kappa shape index (κ1) is 12.1. The van der Waals surface area contributed by atoms with Crippen LogP contribution in [0.3, 0.4) is 0 Å². The molecule has 3 heteroatoms. The lowest BCUT2D eigenvalue weighted by atomic mass is 10.1. The summed E-state index contributed by atoms with van der Waals surface area (Å²) >= 11 is 0. The van der Waals surface area contributed by atoms with Crippen LogP contribution in [0, 0.1) is 5.92 Å². The third-order valence-electron chi connectivity index (χ3n) is 2.25. The van der Waals surface area contributed by atoms with Crippen molar-refractivity contribution in [1.82, 2.24) is 5.32 Å². The minimum absolute atomic E-state index is 0.148. The number of carbonyl (C=O) groups excluding carboxylic acids is 2. The van der Waals surface area contributed by atoms with Gasteiger partial charge in [0.1, 0.15) is 0 Å². The first-order valence-electron chi connectivity index (χ1n) is 4.92. The van der Waals surface area contributed by atoms with Crippen LogP contribution >= 0.6 is 0 Å². The second-order valence-corrected chi connectivity index (χ2v) is 3.39.